The molecule has 6 heteroatoms. The summed E-state index contributed by atoms with van der Waals surface area (Å²) in [7, 11) is -3.43. The van der Waals surface area contributed by atoms with Gasteiger partial charge in [-0.15, -0.1) is 0 Å². The highest BCUT2D eigenvalue weighted by Gasteiger charge is 2.29. The van der Waals surface area contributed by atoms with Crippen LogP contribution in [0.2, 0.25) is 0 Å². The van der Waals surface area contributed by atoms with E-state index < -0.39 is 10.0 Å². The number of nitrogens with zero attached hydrogens (tertiary/aromatic N) is 2. The van der Waals surface area contributed by atoms with Gasteiger partial charge in [0, 0.05) is 11.9 Å². The summed E-state index contributed by atoms with van der Waals surface area (Å²) in [6.45, 7) is 2.51. The molecule has 0 aromatic heterocycles. The van der Waals surface area contributed by atoms with Crippen LogP contribution in [0.25, 0.3) is 0 Å². The van der Waals surface area contributed by atoms with Crippen LogP contribution in [0.3, 0.4) is 0 Å². The Balaban J connectivity index is 2.33. The fraction of sp³-hybridized carbons (Fsp3) is 0.417. The van der Waals surface area contributed by atoms with Crippen LogP contribution < -0.4 is 0 Å². The molecule has 18 heavy (non-hydrogen) atoms. The number of alkyl halides is 1. The number of benzene rings is 1. The van der Waals surface area contributed by atoms with E-state index in [1.54, 1.807) is 24.3 Å². The summed E-state index contributed by atoms with van der Waals surface area (Å²) in [5.74, 6) is 0.288. The zero-order chi connectivity index (χ0) is 13.2. The lowest BCUT2D eigenvalue weighted by atomic mass is 10.1. The van der Waals surface area contributed by atoms with Gasteiger partial charge in [-0.25, -0.2) is 13.4 Å². The first kappa shape index (κ1) is 13.5. The lowest BCUT2D eigenvalue weighted by Gasteiger charge is -2.26. The van der Waals surface area contributed by atoms with Crippen LogP contribution in [0.1, 0.15) is 13.3 Å². The second-order valence-corrected chi connectivity index (χ2v) is 6.72. The molecule has 1 aliphatic heterocycles. The number of hydrogen-bond acceptors (Lipinski definition) is 3. The Labute approximate surface area is 116 Å². The lowest BCUT2D eigenvalue weighted by molar-refractivity contribution is 0.449. The molecule has 4 nitrogen and oxygen atoms in total. The van der Waals surface area contributed by atoms with Gasteiger partial charge < -0.3 is 0 Å². The molecular formula is C12H15BrN2O2S. The average molecular weight is 331 g/mol. The number of para-hydroxylation sites is 1. The number of fused-ring (bicyclic) bond motifs is 1. The lowest BCUT2D eigenvalue weighted by Crippen LogP contribution is -2.36. The monoisotopic (exact) mass is 330 g/mol. The Morgan fingerprint density at radius 3 is 2.78 bits per heavy atom. The number of hydrogen-bond donors (Lipinski definition) is 0. The van der Waals surface area contributed by atoms with E-state index >= 15 is 0 Å². The average Bonchev–Trinajstić information content (AvgIpc) is 2.38. The smallest absolute Gasteiger partial charge is 0.256 e. The van der Waals surface area contributed by atoms with E-state index in [0.29, 0.717) is 12.2 Å². The van der Waals surface area contributed by atoms with Gasteiger partial charge in [0.25, 0.3) is 10.0 Å². The fourth-order valence-electron chi connectivity index (χ4n) is 1.78. The predicted molar refractivity (Wildman–Crippen MR) is 76.1 cm³/mol. The standard InChI is InChI=1S/C12H15BrN2O2S/c1-2-10(7-13)8-15-9-14-11-5-3-4-6-12(11)18(15,16)17/h3-6,9-10H,2,7-8H2,1H3. The first-order chi connectivity index (χ1) is 8.59. The van der Waals surface area contributed by atoms with Gasteiger partial charge in [0.1, 0.15) is 11.2 Å². The van der Waals surface area contributed by atoms with Crippen LogP contribution in [-0.2, 0) is 10.0 Å². The summed E-state index contributed by atoms with van der Waals surface area (Å²) in [5, 5.41) is 0.783. The third-order valence-electron chi connectivity index (χ3n) is 3.01. The van der Waals surface area contributed by atoms with E-state index in [0.717, 1.165) is 11.8 Å². The van der Waals surface area contributed by atoms with Crippen LogP contribution in [0, 0.1) is 5.92 Å². The highest BCUT2D eigenvalue weighted by atomic mass is 79.9. The maximum Gasteiger partial charge on any atom is 0.267 e. The van der Waals surface area contributed by atoms with Crippen molar-refractivity contribution in [3.63, 3.8) is 0 Å². The zero-order valence-corrected chi connectivity index (χ0v) is 12.5. The minimum Gasteiger partial charge on any atom is -0.256 e. The highest BCUT2D eigenvalue weighted by molar-refractivity contribution is 9.09. The van der Waals surface area contributed by atoms with Gasteiger partial charge in [0.05, 0.1) is 5.69 Å². The maximum atomic E-state index is 12.4. The number of rotatable bonds is 4. The van der Waals surface area contributed by atoms with E-state index in [9.17, 15) is 8.42 Å². The minimum atomic E-state index is -3.43. The van der Waals surface area contributed by atoms with Gasteiger partial charge in [-0.1, -0.05) is 41.4 Å². The van der Waals surface area contributed by atoms with Crippen LogP contribution in [-0.4, -0.2) is 30.9 Å². The molecule has 0 bridgehead atoms. The molecule has 1 atom stereocenters. The van der Waals surface area contributed by atoms with Gasteiger partial charge in [-0.2, -0.15) is 0 Å². The van der Waals surface area contributed by atoms with E-state index in [4.69, 9.17) is 0 Å². The zero-order valence-electron chi connectivity index (χ0n) is 10.1. The number of aliphatic imine (C=N–C) groups is 1. The maximum absolute atomic E-state index is 12.4. The van der Waals surface area contributed by atoms with Crippen molar-refractivity contribution in [2.45, 2.75) is 18.2 Å². The molecule has 0 amide bonds. The topological polar surface area (TPSA) is 49.7 Å². The van der Waals surface area contributed by atoms with Crippen LogP contribution in [0.5, 0.6) is 0 Å². The Kier molecular flexibility index (Phi) is 4.07. The largest absolute Gasteiger partial charge is 0.267 e. The summed E-state index contributed by atoms with van der Waals surface area (Å²) < 4.78 is 26.1. The van der Waals surface area contributed by atoms with E-state index in [2.05, 4.69) is 20.9 Å². The van der Waals surface area contributed by atoms with Crippen molar-refractivity contribution in [3.05, 3.63) is 24.3 Å². The van der Waals surface area contributed by atoms with Gasteiger partial charge in [-0.05, 0) is 18.1 Å². The summed E-state index contributed by atoms with van der Waals surface area (Å²) in [5.41, 5.74) is 0.514. The van der Waals surface area contributed by atoms with Crippen LogP contribution in [0.4, 0.5) is 5.69 Å². The first-order valence-corrected chi connectivity index (χ1v) is 8.36. The van der Waals surface area contributed by atoms with Crippen LogP contribution >= 0.6 is 15.9 Å². The molecule has 0 fully saturated rings. The quantitative estimate of drug-likeness (QED) is 0.797. The highest BCUT2D eigenvalue weighted by Crippen LogP contribution is 2.30. The van der Waals surface area contributed by atoms with Crippen molar-refractivity contribution in [2.24, 2.45) is 10.9 Å². The summed E-state index contributed by atoms with van der Waals surface area (Å²) in [4.78, 5) is 4.49. The minimum absolute atomic E-state index is 0.288. The van der Waals surface area contributed by atoms with Crippen molar-refractivity contribution in [1.29, 1.82) is 0 Å². The predicted octanol–water partition coefficient (Wildman–Crippen LogP) is 2.77. The molecule has 0 aliphatic carbocycles. The number of halogens is 1. The molecule has 1 heterocycles. The molecule has 1 unspecified atom stereocenters. The molecule has 0 saturated heterocycles. The van der Waals surface area contributed by atoms with Gasteiger partial charge in [0.15, 0.2) is 0 Å². The van der Waals surface area contributed by atoms with Crippen molar-refractivity contribution >= 4 is 38.0 Å². The third kappa shape index (κ3) is 2.44. The molecule has 1 aromatic carbocycles. The SMILES string of the molecule is CCC(CBr)CN1C=Nc2ccccc2S1(=O)=O. The van der Waals surface area contributed by atoms with Gasteiger partial charge >= 0.3 is 0 Å². The summed E-state index contributed by atoms with van der Waals surface area (Å²) in [6.07, 6.45) is 2.34. The molecule has 2 rings (SSSR count). The Morgan fingerprint density at radius 2 is 2.11 bits per heavy atom. The first-order valence-electron chi connectivity index (χ1n) is 5.80. The normalized spacial score (nSPS) is 18.4. The van der Waals surface area contributed by atoms with E-state index in [1.165, 1.54) is 10.6 Å². The van der Waals surface area contributed by atoms with Gasteiger partial charge in [0.2, 0.25) is 0 Å². The Hall–Kier alpha value is -0.880. The summed E-state index contributed by atoms with van der Waals surface area (Å²) >= 11 is 3.41. The molecule has 0 saturated carbocycles. The van der Waals surface area contributed by atoms with Crippen molar-refractivity contribution in [2.75, 3.05) is 11.9 Å². The molecule has 0 radical (unpaired) electrons. The molecule has 0 N–H and O–H groups in total. The fourth-order valence-corrected chi connectivity index (χ4v) is 3.91. The van der Waals surface area contributed by atoms with Crippen molar-refractivity contribution in [1.82, 2.24) is 4.31 Å². The molecule has 0 spiro atoms. The molecule has 98 valence electrons. The summed E-state index contributed by atoms with van der Waals surface area (Å²) in [6, 6.07) is 6.82. The third-order valence-corrected chi connectivity index (χ3v) is 5.69. The van der Waals surface area contributed by atoms with E-state index in [-0.39, 0.29) is 10.8 Å². The van der Waals surface area contributed by atoms with Crippen molar-refractivity contribution < 1.29 is 8.42 Å². The van der Waals surface area contributed by atoms with Gasteiger partial charge in [-0.3, -0.25) is 4.31 Å². The second-order valence-electron chi connectivity index (χ2n) is 4.22. The van der Waals surface area contributed by atoms with E-state index in [1.807, 2.05) is 6.92 Å². The Bertz CT molecular complexity index is 553. The van der Waals surface area contributed by atoms with Crippen molar-refractivity contribution in [3.8, 4) is 0 Å². The molecular weight excluding hydrogens is 316 g/mol. The van der Waals surface area contributed by atoms with Crippen LogP contribution in [0.15, 0.2) is 34.2 Å². The number of sulfonamides is 1. The molecule has 1 aromatic rings. The Morgan fingerprint density at radius 1 is 1.39 bits per heavy atom. The second kappa shape index (κ2) is 5.40. The molecule has 1 aliphatic rings.